The highest BCUT2D eigenvalue weighted by molar-refractivity contribution is 5.98. The molecule has 1 aromatic rings. The van der Waals surface area contributed by atoms with E-state index in [4.69, 9.17) is 5.73 Å². The number of carbonyl (C=O) groups is 1. The van der Waals surface area contributed by atoms with Crippen molar-refractivity contribution in [3.63, 3.8) is 0 Å². The topological polar surface area (TPSA) is 59.2 Å². The number of nitrogen functional groups attached to an aromatic ring is 1. The average Bonchev–Trinajstić information content (AvgIpc) is 2.28. The maximum absolute atomic E-state index is 12.3. The van der Waals surface area contributed by atoms with E-state index < -0.39 is 0 Å². The number of nitrogens with zero attached hydrogens (tertiary/aromatic N) is 2. The van der Waals surface area contributed by atoms with E-state index in [0.717, 1.165) is 13.1 Å². The van der Waals surface area contributed by atoms with Crippen molar-refractivity contribution in [2.24, 2.45) is 5.92 Å². The minimum atomic E-state index is 0.00463. The predicted octanol–water partition coefficient (Wildman–Crippen LogP) is 1.93. The predicted molar refractivity (Wildman–Crippen MR) is 67.6 cm³/mol. The SMILES string of the molecule is CCN(CC1CCC1)C(=O)c1cnccc1N. The summed E-state index contributed by atoms with van der Waals surface area (Å²) in [4.78, 5) is 18.1. The van der Waals surface area contributed by atoms with E-state index in [0.29, 0.717) is 17.2 Å². The maximum atomic E-state index is 12.3. The number of hydrogen-bond donors (Lipinski definition) is 1. The first kappa shape index (κ1) is 11.9. The Labute approximate surface area is 102 Å². The average molecular weight is 233 g/mol. The van der Waals surface area contributed by atoms with Gasteiger partial charge in [0.05, 0.1) is 5.56 Å². The fraction of sp³-hybridized carbons (Fsp3) is 0.538. The van der Waals surface area contributed by atoms with E-state index in [9.17, 15) is 4.79 Å². The number of pyridine rings is 1. The molecule has 0 spiro atoms. The summed E-state index contributed by atoms with van der Waals surface area (Å²) in [7, 11) is 0. The minimum absolute atomic E-state index is 0.00463. The van der Waals surface area contributed by atoms with Gasteiger partial charge in [0.1, 0.15) is 0 Å². The number of nitrogens with two attached hydrogens (primary N) is 1. The maximum Gasteiger partial charge on any atom is 0.257 e. The van der Waals surface area contributed by atoms with Crippen LogP contribution in [-0.2, 0) is 0 Å². The Hall–Kier alpha value is -1.58. The second-order valence-corrected chi connectivity index (χ2v) is 4.60. The molecule has 0 aliphatic heterocycles. The molecule has 0 radical (unpaired) electrons. The molecule has 0 atom stereocenters. The second-order valence-electron chi connectivity index (χ2n) is 4.60. The molecular formula is C13H19N3O. The summed E-state index contributed by atoms with van der Waals surface area (Å²) < 4.78 is 0. The standard InChI is InChI=1S/C13H19N3O/c1-2-16(9-10-4-3-5-10)13(17)11-8-15-7-6-12(11)14/h6-8,10H,2-5,9H2,1H3,(H2,14,15). The summed E-state index contributed by atoms with van der Waals surface area (Å²) in [6, 6.07) is 1.67. The highest BCUT2D eigenvalue weighted by Gasteiger charge is 2.24. The fourth-order valence-corrected chi connectivity index (χ4v) is 2.10. The van der Waals surface area contributed by atoms with Crippen molar-refractivity contribution in [3.8, 4) is 0 Å². The molecule has 2 rings (SSSR count). The van der Waals surface area contributed by atoms with Gasteiger partial charge >= 0.3 is 0 Å². The molecule has 0 aromatic carbocycles. The number of carbonyl (C=O) groups excluding carboxylic acids is 1. The van der Waals surface area contributed by atoms with E-state index in [1.165, 1.54) is 19.3 Å². The van der Waals surface area contributed by atoms with Crippen molar-refractivity contribution in [1.29, 1.82) is 0 Å². The molecule has 4 heteroatoms. The molecule has 0 bridgehead atoms. The zero-order chi connectivity index (χ0) is 12.3. The van der Waals surface area contributed by atoms with Crippen LogP contribution in [-0.4, -0.2) is 28.9 Å². The Bertz CT molecular complexity index is 401. The van der Waals surface area contributed by atoms with Gasteiger partial charge in [-0.25, -0.2) is 0 Å². The number of amides is 1. The van der Waals surface area contributed by atoms with Gasteiger partial charge < -0.3 is 10.6 Å². The minimum Gasteiger partial charge on any atom is -0.398 e. The van der Waals surface area contributed by atoms with E-state index in [1.807, 2.05) is 11.8 Å². The van der Waals surface area contributed by atoms with Crippen LogP contribution in [0.4, 0.5) is 5.69 Å². The third-order valence-electron chi connectivity index (χ3n) is 3.46. The van der Waals surface area contributed by atoms with Crippen molar-refractivity contribution < 1.29 is 4.79 Å². The van der Waals surface area contributed by atoms with Gasteiger partial charge in [0.25, 0.3) is 5.91 Å². The lowest BCUT2D eigenvalue weighted by Crippen LogP contribution is -2.37. The van der Waals surface area contributed by atoms with Gasteiger partial charge in [0.15, 0.2) is 0 Å². The summed E-state index contributed by atoms with van der Waals surface area (Å²) in [5.74, 6) is 0.682. The van der Waals surface area contributed by atoms with Crippen molar-refractivity contribution in [3.05, 3.63) is 24.0 Å². The summed E-state index contributed by atoms with van der Waals surface area (Å²) in [6.07, 6.45) is 6.94. The van der Waals surface area contributed by atoms with Crippen molar-refractivity contribution in [1.82, 2.24) is 9.88 Å². The van der Waals surface area contributed by atoms with E-state index in [-0.39, 0.29) is 5.91 Å². The first-order valence-corrected chi connectivity index (χ1v) is 6.21. The van der Waals surface area contributed by atoms with E-state index in [1.54, 1.807) is 18.5 Å². The lowest BCUT2D eigenvalue weighted by Gasteiger charge is -2.32. The largest absolute Gasteiger partial charge is 0.398 e. The van der Waals surface area contributed by atoms with Crippen LogP contribution in [0.5, 0.6) is 0 Å². The number of anilines is 1. The molecule has 1 saturated carbocycles. The Morgan fingerprint density at radius 3 is 2.88 bits per heavy atom. The van der Waals surface area contributed by atoms with Gasteiger partial charge in [0.2, 0.25) is 0 Å². The Balaban J connectivity index is 2.08. The van der Waals surface area contributed by atoms with Crippen LogP contribution in [0.3, 0.4) is 0 Å². The first-order chi connectivity index (χ1) is 8.22. The zero-order valence-electron chi connectivity index (χ0n) is 10.2. The van der Waals surface area contributed by atoms with Crippen LogP contribution >= 0.6 is 0 Å². The molecule has 1 aromatic heterocycles. The van der Waals surface area contributed by atoms with Crippen LogP contribution in [0, 0.1) is 5.92 Å². The summed E-state index contributed by atoms with van der Waals surface area (Å²) >= 11 is 0. The smallest absolute Gasteiger partial charge is 0.257 e. The molecule has 0 saturated heterocycles. The second kappa shape index (κ2) is 5.17. The quantitative estimate of drug-likeness (QED) is 0.864. The Morgan fingerprint density at radius 2 is 2.35 bits per heavy atom. The first-order valence-electron chi connectivity index (χ1n) is 6.21. The lowest BCUT2D eigenvalue weighted by molar-refractivity contribution is 0.0707. The van der Waals surface area contributed by atoms with Gasteiger partial charge in [-0.15, -0.1) is 0 Å². The number of aromatic nitrogens is 1. The molecule has 0 unspecified atom stereocenters. The van der Waals surface area contributed by atoms with Crippen molar-refractivity contribution in [2.75, 3.05) is 18.8 Å². The van der Waals surface area contributed by atoms with Crippen molar-refractivity contribution in [2.45, 2.75) is 26.2 Å². The van der Waals surface area contributed by atoms with Crippen LogP contribution in [0.25, 0.3) is 0 Å². The van der Waals surface area contributed by atoms with Gasteiger partial charge in [0, 0.05) is 31.2 Å². The summed E-state index contributed by atoms with van der Waals surface area (Å²) in [5.41, 5.74) is 6.84. The van der Waals surface area contributed by atoms with Gasteiger partial charge in [-0.05, 0) is 31.7 Å². The summed E-state index contributed by atoms with van der Waals surface area (Å²) in [6.45, 7) is 3.58. The molecular weight excluding hydrogens is 214 g/mol. The third kappa shape index (κ3) is 2.57. The van der Waals surface area contributed by atoms with Crippen LogP contribution in [0.15, 0.2) is 18.5 Å². The molecule has 1 aliphatic rings. The summed E-state index contributed by atoms with van der Waals surface area (Å²) in [5, 5.41) is 0. The molecule has 1 heterocycles. The Morgan fingerprint density at radius 1 is 1.59 bits per heavy atom. The zero-order valence-corrected chi connectivity index (χ0v) is 10.2. The lowest BCUT2D eigenvalue weighted by atomic mass is 9.85. The normalized spacial score (nSPS) is 15.4. The third-order valence-corrected chi connectivity index (χ3v) is 3.46. The fourth-order valence-electron chi connectivity index (χ4n) is 2.10. The van der Waals surface area contributed by atoms with E-state index in [2.05, 4.69) is 4.98 Å². The number of rotatable bonds is 4. The molecule has 17 heavy (non-hydrogen) atoms. The van der Waals surface area contributed by atoms with Gasteiger partial charge in [-0.3, -0.25) is 9.78 Å². The van der Waals surface area contributed by atoms with Gasteiger partial charge in [-0.1, -0.05) is 6.42 Å². The molecule has 2 N–H and O–H groups in total. The molecule has 1 aliphatic carbocycles. The number of hydrogen-bond acceptors (Lipinski definition) is 3. The highest BCUT2D eigenvalue weighted by Crippen LogP contribution is 2.27. The Kier molecular flexibility index (Phi) is 3.61. The highest BCUT2D eigenvalue weighted by atomic mass is 16.2. The molecule has 1 fully saturated rings. The van der Waals surface area contributed by atoms with Crippen LogP contribution < -0.4 is 5.73 Å². The molecule has 1 amide bonds. The monoisotopic (exact) mass is 233 g/mol. The van der Waals surface area contributed by atoms with Crippen LogP contribution in [0.1, 0.15) is 36.5 Å². The molecule has 4 nitrogen and oxygen atoms in total. The van der Waals surface area contributed by atoms with Gasteiger partial charge in [-0.2, -0.15) is 0 Å². The molecule has 92 valence electrons. The van der Waals surface area contributed by atoms with E-state index >= 15 is 0 Å². The van der Waals surface area contributed by atoms with Crippen molar-refractivity contribution >= 4 is 11.6 Å². The van der Waals surface area contributed by atoms with Crippen LogP contribution in [0.2, 0.25) is 0 Å².